The summed E-state index contributed by atoms with van der Waals surface area (Å²) in [5, 5.41) is 3.17. The Morgan fingerprint density at radius 3 is 2.33 bits per heavy atom. The number of nitrogens with two attached hydrogens (primary N) is 1. The number of halogens is 3. The summed E-state index contributed by atoms with van der Waals surface area (Å²) in [4.78, 5) is 0. The van der Waals surface area contributed by atoms with Gasteiger partial charge in [-0.3, -0.25) is 0 Å². The molecule has 2 N–H and O–H groups in total. The van der Waals surface area contributed by atoms with E-state index in [1.54, 1.807) is 12.1 Å². The molecule has 4 heteroatoms. The zero-order chi connectivity index (χ0) is 13.0. The first-order chi connectivity index (χ1) is 8.68. The van der Waals surface area contributed by atoms with Gasteiger partial charge in [-0.2, -0.15) is 0 Å². The summed E-state index contributed by atoms with van der Waals surface area (Å²) in [6, 6.07) is 12.4. The van der Waals surface area contributed by atoms with E-state index in [1.807, 2.05) is 29.6 Å². The van der Waals surface area contributed by atoms with Crippen molar-refractivity contribution in [2.75, 3.05) is 0 Å². The maximum absolute atomic E-state index is 13.5. The zero-order valence-electron chi connectivity index (χ0n) is 9.67. The largest absolute Gasteiger partial charge is 0.339 e. The standard InChI is InChI=1S/C14H12Cl2FN/c15-12-5-2-1-4-10(12)8-18-9-11-13(16)6-3-7-14(11)17/h1-7,18H,8-9H2/p+1. The first kappa shape index (κ1) is 13.3. The third-order valence-electron chi connectivity index (χ3n) is 2.73. The SMILES string of the molecule is Fc1cccc(Cl)c1C[NH2+]Cc1ccccc1Cl. The van der Waals surface area contributed by atoms with Crippen LogP contribution in [0.5, 0.6) is 0 Å². The molecule has 0 aromatic heterocycles. The predicted molar refractivity (Wildman–Crippen MR) is 72.2 cm³/mol. The van der Waals surface area contributed by atoms with Gasteiger partial charge in [0.05, 0.1) is 10.6 Å². The Labute approximate surface area is 116 Å². The summed E-state index contributed by atoms with van der Waals surface area (Å²) in [5.74, 6) is -0.266. The van der Waals surface area contributed by atoms with Crippen molar-refractivity contribution in [1.29, 1.82) is 0 Å². The Morgan fingerprint density at radius 1 is 0.889 bits per heavy atom. The van der Waals surface area contributed by atoms with Crippen LogP contribution < -0.4 is 5.32 Å². The van der Waals surface area contributed by atoms with Gasteiger partial charge in [0.15, 0.2) is 0 Å². The van der Waals surface area contributed by atoms with Gasteiger partial charge in [0, 0.05) is 10.6 Å². The maximum atomic E-state index is 13.5. The van der Waals surface area contributed by atoms with E-state index < -0.39 is 0 Å². The first-order valence-corrected chi connectivity index (χ1v) is 6.42. The highest BCUT2D eigenvalue weighted by molar-refractivity contribution is 6.31. The first-order valence-electron chi connectivity index (χ1n) is 5.66. The molecule has 0 saturated heterocycles. The molecule has 0 aliphatic heterocycles. The molecule has 0 fully saturated rings. The van der Waals surface area contributed by atoms with Crippen molar-refractivity contribution in [3.8, 4) is 0 Å². The molecule has 0 amide bonds. The Hall–Kier alpha value is -1.09. The zero-order valence-corrected chi connectivity index (χ0v) is 11.2. The normalized spacial score (nSPS) is 10.6. The van der Waals surface area contributed by atoms with E-state index in [0.29, 0.717) is 23.7 Å². The van der Waals surface area contributed by atoms with Crippen LogP contribution in [0, 0.1) is 5.82 Å². The molecule has 1 nitrogen and oxygen atoms in total. The quantitative estimate of drug-likeness (QED) is 0.886. The molecule has 0 atom stereocenters. The van der Waals surface area contributed by atoms with E-state index >= 15 is 0 Å². The summed E-state index contributed by atoms with van der Waals surface area (Å²) in [6.45, 7) is 1.20. The van der Waals surface area contributed by atoms with Crippen molar-refractivity contribution in [2.24, 2.45) is 0 Å². The molecule has 94 valence electrons. The van der Waals surface area contributed by atoms with Crippen LogP contribution in [0.15, 0.2) is 42.5 Å². The summed E-state index contributed by atoms with van der Waals surface area (Å²) in [6.07, 6.45) is 0. The molecule has 0 bridgehead atoms. The second-order valence-corrected chi connectivity index (χ2v) is 4.80. The lowest BCUT2D eigenvalue weighted by atomic mass is 10.2. The fourth-order valence-corrected chi connectivity index (χ4v) is 2.22. The molecule has 2 aromatic rings. The van der Waals surface area contributed by atoms with Crippen LogP contribution in [-0.2, 0) is 13.1 Å². The van der Waals surface area contributed by atoms with Crippen molar-refractivity contribution in [2.45, 2.75) is 13.1 Å². The molecule has 0 saturated carbocycles. The van der Waals surface area contributed by atoms with Crippen molar-refractivity contribution >= 4 is 23.2 Å². The van der Waals surface area contributed by atoms with E-state index in [1.165, 1.54) is 6.07 Å². The van der Waals surface area contributed by atoms with E-state index in [9.17, 15) is 4.39 Å². The molecular weight excluding hydrogens is 272 g/mol. The molecule has 0 spiro atoms. The number of hydrogen-bond donors (Lipinski definition) is 1. The lowest BCUT2D eigenvalue weighted by molar-refractivity contribution is -0.686. The van der Waals surface area contributed by atoms with Crippen LogP contribution in [0.25, 0.3) is 0 Å². The fourth-order valence-electron chi connectivity index (χ4n) is 1.76. The van der Waals surface area contributed by atoms with E-state index in [2.05, 4.69) is 0 Å². The Morgan fingerprint density at radius 2 is 1.61 bits per heavy atom. The topological polar surface area (TPSA) is 16.6 Å². The predicted octanol–water partition coefficient (Wildman–Crippen LogP) is 3.40. The van der Waals surface area contributed by atoms with Crippen LogP contribution in [0.4, 0.5) is 4.39 Å². The number of benzene rings is 2. The van der Waals surface area contributed by atoms with Crippen LogP contribution in [0.3, 0.4) is 0 Å². The van der Waals surface area contributed by atoms with Crippen LogP contribution in [-0.4, -0.2) is 0 Å². The van der Waals surface area contributed by atoms with Gasteiger partial charge >= 0.3 is 0 Å². The van der Waals surface area contributed by atoms with Crippen LogP contribution >= 0.6 is 23.2 Å². The maximum Gasteiger partial charge on any atom is 0.133 e. The highest BCUT2D eigenvalue weighted by atomic mass is 35.5. The third kappa shape index (κ3) is 3.22. The molecule has 0 aliphatic rings. The Bertz CT molecular complexity index is 523. The molecule has 0 unspecified atom stereocenters. The number of quaternary nitrogens is 1. The second-order valence-electron chi connectivity index (χ2n) is 3.99. The van der Waals surface area contributed by atoms with Crippen molar-refractivity contribution in [3.05, 3.63) is 69.5 Å². The number of hydrogen-bond acceptors (Lipinski definition) is 0. The minimum Gasteiger partial charge on any atom is -0.339 e. The van der Waals surface area contributed by atoms with Gasteiger partial charge in [-0.1, -0.05) is 47.5 Å². The van der Waals surface area contributed by atoms with Gasteiger partial charge < -0.3 is 5.32 Å². The van der Waals surface area contributed by atoms with Gasteiger partial charge in [0.2, 0.25) is 0 Å². The minimum absolute atomic E-state index is 0.266. The Balaban J connectivity index is 1.99. The van der Waals surface area contributed by atoms with Gasteiger partial charge in [-0.25, -0.2) is 4.39 Å². The molecular formula is C14H13Cl2FN+. The highest BCUT2D eigenvalue weighted by Gasteiger charge is 2.09. The average Bonchev–Trinajstić information content (AvgIpc) is 2.35. The lowest BCUT2D eigenvalue weighted by Crippen LogP contribution is -2.81. The Kier molecular flexibility index (Phi) is 4.59. The average molecular weight is 285 g/mol. The summed E-state index contributed by atoms with van der Waals surface area (Å²) in [5.41, 5.74) is 1.57. The monoisotopic (exact) mass is 284 g/mol. The molecule has 0 radical (unpaired) electrons. The van der Waals surface area contributed by atoms with Gasteiger partial charge in [-0.05, 0) is 18.2 Å². The second kappa shape index (κ2) is 6.19. The molecule has 0 heterocycles. The van der Waals surface area contributed by atoms with E-state index in [0.717, 1.165) is 10.6 Å². The minimum atomic E-state index is -0.266. The van der Waals surface area contributed by atoms with Crippen molar-refractivity contribution < 1.29 is 9.71 Å². The summed E-state index contributed by atoms with van der Waals surface area (Å²) < 4.78 is 13.5. The van der Waals surface area contributed by atoms with E-state index in [-0.39, 0.29) is 5.82 Å². The van der Waals surface area contributed by atoms with Gasteiger partial charge in [0.25, 0.3) is 0 Å². The van der Waals surface area contributed by atoms with Crippen LogP contribution in [0.1, 0.15) is 11.1 Å². The summed E-state index contributed by atoms with van der Waals surface area (Å²) in [7, 11) is 0. The number of rotatable bonds is 4. The van der Waals surface area contributed by atoms with Crippen LogP contribution in [0.2, 0.25) is 10.0 Å². The van der Waals surface area contributed by atoms with Gasteiger partial charge in [-0.15, -0.1) is 0 Å². The highest BCUT2D eigenvalue weighted by Crippen LogP contribution is 2.18. The van der Waals surface area contributed by atoms with Gasteiger partial charge in [0.1, 0.15) is 18.9 Å². The lowest BCUT2D eigenvalue weighted by Gasteiger charge is -2.06. The molecule has 18 heavy (non-hydrogen) atoms. The smallest absolute Gasteiger partial charge is 0.133 e. The fraction of sp³-hybridized carbons (Fsp3) is 0.143. The van der Waals surface area contributed by atoms with E-state index in [4.69, 9.17) is 23.2 Å². The van der Waals surface area contributed by atoms with Crippen molar-refractivity contribution in [1.82, 2.24) is 0 Å². The molecule has 2 aromatic carbocycles. The molecule has 2 rings (SSSR count). The van der Waals surface area contributed by atoms with Crippen molar-refractivity contribution in [3.63, 3.8) is 0 Å². The molecule has 0 aliphatic carbocycles. The third-order valence-corrected chi connectivity index (χ3v) is 3.46. The summed E-state index contributed by atoms with van der Waals surface area (Å²) >= 11 is 12.0.